The van der Waals surface area contributed by atoms with Crippen molar-refractivity contribution in [1.82, 2.24) is 10.6 Å². The summed E-state index contributed by atoms with van der Waals surface area (Å²) >= 11 is 0. The first-order chi connectivity index (χ1) is 12.4. The maximum atomic E-state index is 13.6. The van der Waals surface area contributed by atoms with Gasteiger partial charge in [-0.1, -0.05) is 19.1 Å². The van der Waals surface area contributed by atoms with Crippen molar-refractivity contribution in [3.63, 3.8) is 0 Å². The number of carbonyl (C=O) groups excluding carboxylic acids is 4. The van der Waals surface area contributed by atoms with E-state index in [0.29, 0.717) is 0 Å². The molecule has 0 saturated carbocycles. The second kappa shape index (κ2) is 9.25. The van der Waals surface area contributed by atoms with Crippen LogP contribution in [-0.2, 0) is 14.3 Å². The van der Waals surface area contributed by atoms with Gasteiger partial charge in [-0.25, -0.2) is 9.18 Å². The molecule has 1 aromatic rings. The molecule has 148 valence electrons. The van der Waals surface area contributed by atoms with E-state index >= 15 is 0 Å². The van der Waals surface area contributed by atoms with Crippen LogP contribution >= 0.6 is 0 Å². The Kier molecular flexibility index (Phi) is 7.63. The van der Waals surface area contributed by atoms with Crippen LogP contribution in [0.2, 0.25) is 0 Å². The zero-order valence-corrected chi connectivity index (χ0v) is 16.1. The molecule has 0 bridgehead atoms. The molecule has 1 aromatic carbocycles. The Hall–Kier alpha value is -2.77. The van der Waals surface area contributed by atoms with Crippen molar-refractivity contribution in [2.45, 2.75) is 52.7 Å². The fraction of sp³-hybridized carbons (Fsp3) is 0.474. The summed E-state index contributed by atoms with van der Waals surface area (Å²) in [5, 5.41) is 4.61. The van der Waals surface area contributed by atoms with Gasteiger partial charge in [0, 0.05) is 12.0 Å². The summed E-state index contributed by atoms with van der Waals surface area (Å²) in [6.45, 7) is 7.99. The largest absolute Gasteiger partial charge is 0.452 e. The predicted octanol–water partition coefficient (Wildman–Crippen LogP) is 2.59. The van der Waals surface area contributed by atoms with Crippen molar-refractivity contribution in [2.75, 3.05) is 0 Å². The number of carbonyl (C=O) groups is 4. The maximum Gasteiger partial charge on any atom is 0.321 e. The molecular weight excluding hydrogens is 355 g/mol. The monoisotopic (exact) mass is 380 g/mol. The van der Waals surface area contributed by atoms with Gasteiger partial charge in [0.05, 0.1) is 11.5 Å². The van der Waals surface area contributed by atoms with E-state index in [1.54, 1.807) is 20.8 Å². The molecule has 7 nitrogen and oxygen atoms in total. The van der Waals surface area contributed by atoms with Crippen LogP contribution < -0.4 is 10.6 Å². The van der Waals surface area contributed by atoms with Crippen LogP contribution in [0.4, 0.5) is 9.18 Å². The molecule has 0 spiro atoms. The molecule has 0 heterocycles. The van der Waals surface area contributed by atoms with Gasteiger partial charge >= 0.3 is 12.0 Å². The highest BCUT2D eigenvalue weighted by Crippen LogP contribution is 2.15. The van der Waals surface area contributed by atoms with Crippen LogP contribution in [0.1, 0.15) is 51.4 Å². The molecule has 1 rings (SSSR count). The summed E-state index contributed by atoms with van der Waals surface area (Å²) in [5.74, 6) is -3.67. The normalized spacial score (nSPS) is 13.3. The molecule has 8 heteroatoms. The lowest BCUT2D eigenvalue weighted by Crippen LogP contribution is -2.50. The standard InChI is InChI=1S/C19H25FN2O5/c1-11(10-15(23)13-8-6-7-9-14(13)20)17(25)27-12(2)16(24)21-18(26)22-19(3,4)5/h6-9,11-12H,10H2,1-5H3,(H2,21,22,24,26)/t11-,12+/m1/s1. The fourth-order valence-corrected chi connectivity index (χ4v) is 2.09. The quantitative estimate of drug-likeness (QED) is 0.583. The summed E-state index contributed by atoms with van der Waals surface area (Å²) < 4.78 is 18.6. The van der Waals surface area contributed by atoms with Crippen LogP contribution in [-0.4, -0.2) is 35.3 Å². The number of rotatable bonds is 6. The van der Waals surface area contributed by atoms with E-state index < -0.39 is 47.1 Å². The minimum Gasteiger partial charge on any atom is -0.452 e. The number of benzene rings is 1. The Morgan fingerprint density at radius 2 is 1.70 bits per heavy atom. The summed E-state index contributed by atoms with van der Waals surface area (Å²) in [6, 6.07) is 4.76. The second-order valence-electron chi connectivity index (χ2n) is 7.28. The number of imide groups is 1. The molecule has 0 aromatic heterocycles. The first-order valence-electron chi connectivity index (χ1n) is 8.52. The number of ketones is 1. The number of halogens is 1. The minimum absolute atomic E-state index is 0.109. The summed E-state index contributed by atoms with van der Waals surface area (Å²) in [7, 11) is 0. The Bertz CT molecular complexity index is 727. The molecule has 0 radical (unpaired) electrons. The average molecular weight is 380 g/mol. The van der Waals surface area contributed by atoms with Gasteiger partial charge in [-0.2, -0.15) is 0 Å². The van der Waals surface area contributed by atoms with Crippen LogP contribution in [0, 0.1) is 11.7 Å². The molecule has 0 fully saturated rings. The van der Waals surface area contributed by atoms with Gasteiger partial charge in [-0.3, -0.25) is 19.7 Å². The van der Waals surface area contributed by atoms with Gasteiger partial charge in [0.15, 0.2) is 11.9 Å². The number of amides is 3. The van der Waals surface area contributed by atoms with Crippen molar-refractivity contribution in [1.29, 1.82) is 0 Å². The summed E-state index contributed by atoms with van der Waals surface area (Å²) in [5.41, 5.74) is -0.645. The highest BCUT2D eigenvalue weighted by Gasteiger charge is 2.26. The molecular formula is C19H25FN2O5. The number of ether oxygens (including phenoxy) is 1. The fourth-order valence-electron chi connectivity index (χ4n) is 2.09. The summed E-state index contributed by atoms with van der Waals surface area (Å²) in [4.78, 5) is 47.8. The lowest BCUT2D eigenvalue weighted by molar-refractivity contribution is -0.157. The third-order valence-electron chi connectivity index (χ3n) is 3.46. The van der Waals surface area contributed by atoms with Gasteiger partial charge in [0.2, 0.25) is 0 Å². The first kappa shape index (κ1) is 22.3. The van der Waals surface area contributed by atoms with E-state index in [2.05, 4.69) is 10.6 Å². The third kappa shape index (κ3) is 7.55. The van der Waals surface area contributed by atoms with E-state index in [1.165, 1.54) is 32.0 Å². The molecule has 3 amide bonds. The van der Waals surface area contributed by atoms with Crippen molar-refractivity contribution in [3.8, 4) is 0 Å². The van der Waals surface area contributed by atoms with Gasteiger partial charge in [-0.15, -0.1) is 0 Å². The number of nitrogens with one attached hydrogen (secondary N) is 2. The molecule has 2 atom stereocenters. The molecule has 0 aliphatic heterocycles. The Balaban J connectivity index is 2.56. The van der Waals surface area contributed by atoms with Crippen molar-refractivity contribution in [2.24, 2.45) is 5.92 Å². The molecule has 0 unspecified atom stereocenters. The zero-order valence-electron chi connectivity index (χ0n) is 16.1. The van der Waals surface area contributed by atoms with Gasteiger partial charge in [0.25, 0.3) is 5.91 Å². The zero-order chi connectivity index (χ0) is 20.8. The lowest BCUT2D eigenvalue weighted by atomic mass is 9.99. The molecule has 0 saturated heterocycles. The number of urea groups is 1. The van der Waals surface area contributed by atoms with Crippen molar-refractivity contribution >= 4 is 23.7 Å². The number of hydrogen-bond acceptors (Lipinski definition) is 5. The highest BCUT2D eigenvalue weighted by molar-refractivity contribution is 5.99. The second-order valence-corrected chi connectivity index (χ2v) is 7.28. The lowest BCUT2D eigenvalue weighted by Gasteiger charge is -2.21. The smallest absolute Gasteiger partial charge is 0.321 e. The maximum absolute atomic E-state index is 13.6. The topological polar surface area (TPSA) is 102 Å². The SMILES string of the molecule is C[C@H](CC(=O)c1ccccc1F)C(=O)O[C@@H](C)C(=O)NC(=O)NC(C)(C)C. The van der Waals surface area contributed by atoms with Gasteiger partial charge in [-0.05, 0) is 39.8 Å². The van der Waals surface area contributed by atoms with Crippen LogP contribution in [0.5, 0.6) is 0 Å². The summed E-state index contributed by atoms with van der Waals surface area (Å²) in [6.07, 6.45) is -1.49. The van der Waals surface area contributed by atoms with Crippen LogP contribution in [0.3, 0.4) is 0 Å². The highest BCUT2D eigenvalue weighted by atomic mass is 19.1. The number of esters is 1. The van der Waals surface area contributed by atoms with Gasteiger partial charge < -0.3 is 10.1 Å². The Labute approximate surface area is 157 Å². The van der Waals surface area contributed by atoms with Crippen LogP contribution in [0.15, 0.2) is 24.3 Å². The van der Waals surface area contributed by atoms with Crippen molar-refractivity contribution in [3.05, 3.63) is 35.6 Å². The molecule has 0 aliphatic rings. The van der Waals surface area contributed by atoms with E-state index in [1.807, 2.05) is 0 Å². The van der Waals surface area contributed by atoms with E-state index in [4.69, 9.17) is 4.74 Å². The number of hydrogen-bond donors (Lipinski definition) is 2. The average Bonchev–Trinajstić information content (AvgIpc) is 2.52. The third-order valence-corrected chi connectivity index (χ3v) is 3.46. The minimum atomic E-state index is -1.23. The van der Waals surface area contributed by atoms with Gasteiger partial charge in [0.1, 0.15) is 5.82 Å². The first-order valence-corrected chi connectivity index (χ1v) is 8.52. The van der Waals surface area contributed by atoms with Crippen LogP contribution in [0.25, 0.3) is 0 Å². The van der Waals surface area contributed by atoms with E-state index in [9.17, 15) is 23.6 Å². The Morgan fingerprint density at radius 1 is 1.11 bits per heavy atom. The Morgan fingerprint density at radius 3 is 2.26 bits per heavy atom. The van der Waals surface area contributed by atoms with E-state index in [0.717, 1.165) is 6.07 Å². The van der Waals surface area contributed by atoms with Crippen molar-refractivity contribution < 1.29 is 28.3 Å². The molecule has 27 heavy (non-hydrogen) atoms. The number of Topliss-reactive ketones (excluding diaryl/α,β-unsaturated/α-hetero) is 1. The molecule has 2 N–H and O–H groups in total. The molecule has 0 aliphatic carbocycles. The predicted molar refractivity (Wildman–Crippen MR) is 96.5 cm³/mol. The van der Waals surface area contributed by atoms with E-state index in [-0.39, 0.29) is 12.0 Å².